The molecule has 3 heterocycles. The fourth-order valence-corrected chi connectivity index (χ4v) is 7.13. The molecule has 1 unspecified atom stereocenters. The van der Waals surface area contributed by atoms with Crippen molar-refractivity contribution in [2.45, 2.75) is 60.7 Å². The van der Waals surface area contributed by atoms with Crippen LogP contribution in [-0.2, 0) is 27.1 Å². The van der Waals surface area contributed by atoms with Crippen molar-refractivity contribution in [3.8, 4) is 5.75 Å². The van der Waals surface area contributed by atoms with Crippen LogP contribution in [0.4, 0.5) is 8.78 Å². The van der Waals surface area contributed by atoms with Crippen LogP contribution in [0.1, 0.15) is 31.2 Å². The van der Waals surface area contributed by atoms with E-state index in [1.165, 1.54) is 22.1 Å². The zero-order valence-corrected chi connectivity index (χ0v) is 20.7. The molecule has 1 atom stereocenters. The van der Waals surface area contributed by atoms with Gasteiger partial charge in [-0.15, -0.1) is 0 Å². The molecular formula is C24H27F2N3O4S2. The van der Waals surface area contributed by atoms with Gasteiger partial charge in [0, 0.05) is 31.0 Å². The molecule has 0 amide bonds. The van der Waals surface area contributed by atoms with Crippen LogP contribution in [-0.4, -0.2) is 54.7 Å². The van der Waals surface area contributed by atoms with Gasteiger partial charge in [0.25, 0.3) is 0 Å². The Morgan fingerprint density at radius 2 is 1.94 bits per heavy atom. The van der Waals surface area contributed by atoms with Crippen molar-refractivity contribution in [1.82, 2.24) is 13.9 Å². The van der Waals surface area contributed by atoms with Crippen LogP contribution in [0.3, 0.4) is 0 Å². The molecule has 2 saturated heterocycles. The van der Waals surface area contributed by atoms with Crippen molar-refractivity contribution >= 4 is 32.8 Å². The van der Waals surface area contributed by atoms with E-state index in [9.17, 15) is 17.2 Å². The number of para-hydroxylation sites is 1. The van der Waals surface area contributed by atoms with Gasteiger partial charge in [-0.2, -0.15) is 13.1 Å². The number of hydrogen-bond donors (Lipinski definition) is 0. The molecule has 0 radical (unpaired) electrons. The van der Waals surface area contributed by atoms with Crippen LogP contribution in [0.15, 0.2) is 52.5 Å². The number of thioether (sulfide) groups is 1. The van der Waals surface area contributed by atoms with Crippen LogP contribution >= 0.6 is 11.8 Å². The number of alkyl halides is 2. The van der Waals surface area contributed by atoms with Gasteiger partial charge in [0.1, 0.15) is 5.75 Å². The van der Waals surface area contributed by atoms with E-state index in [1.807, 2.05) is 4.57 Å². The molecule has 0 bridgehead atoms. The van der Waals surface area contributed by atoms with E-state index in [2.05, 4.69) is 4.74 Å². The molecule has 3 aromatic rings. The summed E-state index contributed by atoms with van der Waals surface area (Å²) in [5.41, 5.74) is 2.04. The van der Waals surface area contributed by atoms with Gasteiger partial charge in [-0.1, -0.05) is 30.0 Å². The number of aromatic nitrogens is 2. The lowest BCUT2D eigenvalue weighted by Gasteiger charge is -2.16. The summed E-state index contributed by atoms with van der Waals surface area (Å²) in [6, 6.07) is 11.8. The number of hydrogen-bond acceptors (Lipinski definition) is 6. The van der Waals surface area contributed by atoms with Crippen LogP contribution < -0.4 is 4.74 Å². The molecule has 0 spiro atoms. The Labute approximate surface area is 207 Å². The Morgan fingerprint density at radius 1 is 1.14 bits per heavy atom. The number of sulfonamides is 1. The predicted octanol–water partition coefficient (Wildman–Crippen LogP) is 4.89. The highest BCUT2D eigenvalue weighted by Crippen LogP contribution is 2.33. The van der Waals surface area contributed by atoms with E-state index < -0.39 is 16.6 Å². The summed E-state index contributed by atoms with van der Waals surface area (Å²) in [7, 11) is -3.56. The Balaban J connectivity index is 1.47. The van der Waals surface area contributed by atoms with Crippen molar-refractivity contribution in [2.75, 3.05) is 19.7 Å². The maximum atomic E-state index is 13.1. The van der Waals surface area contributed by atoms with Gasteiger partial charge < -0.3 is 14.0 Å². The van der Waals surface area contributed by atoms with E-state index in [1.54, 1.807) is 36.4 Å². The summed E-state index contributed by atoms with van der Waals surface area (Å²) in [6.45, 7) is -0.520. The van der Waals surface area contributed by atoms with E-state index in [0.717, 1.165) is 37.8 Å². The highest BCUT2D eigenvalue weighted by atomic mass is 32.2. The van der Waals surface area contributed by atoms with E-state index in [-0.39, 0.29) is 16.7 Å². The number of rotatable bonds is 9. The molecule has 11 heteroatoms. The number of halogens is 2. The first-order valence-corrected chi connectivity index (χ1v) is 14.1. The second-order valence-electron chi connectivity index (χ2n) is 8.68. The summed E-state index contributed by atoms with van der Waals surface area (Å²) in [5.74, 6) is 0.507. The topological polar surface area (TPSA) is 73.7 Å². The molecule has 5 rings (SSSR count). The molecule has 0 N–H and O–H groups in total. The van der Waals surface area contributed by atoms with Crippen LogP contribution in [0, 0.1) is 0 Å². The normalized spacial score (nSPS) is 19.2. The fraction of sp³-hybridized carbons (Fsp3) is 0.458. The number of imidazole rings is 1. The Hall–Kier alpha value is -2.21. The maximum Gasteiger partial charge on any atom is 0.387 e. The lowest BCUT2D eigenvalue weighted by molar-refractivity contribution is -0.0503. The highest BCUT2D eigenvalue weighted by molar-refractivity contribution is 7.98. The van der Waals surface area contributed by atoms with Gasteiger partial charge in [-0.25, -0.2) is 13.4 Å². The minimum atomic E-state index is -3.56. The summed E-state index contributed by atoms with van der Waals surface area (Å²) in [5, 5.41) is 0.679. The first-order chi connectivity index (χ1) is 16.9. The second-order valence-corrected chi connectivity index (χ2v) is 11.6. The molecule has 2 aliphatic rings. The molecule has 0 aliphatic carbocycles. The zero-order chi connectivity index (χ0) is 24.4. The molecule has 7 nitrogen and oxygen atoms in total. The first kappa shape index (κ1) is 24.5. The van der Waals surface area contributed by atoms with E-state index in [0.29, 0.717) is 41.6 Å². The van der Waals surface area contributed by atoms with E-state index in [4.69, 9.17) is 9.72 Å². The molecule has 1 aromatic heterocycles. The van der Waals surface area contributed by atoms with Crippen LogP contribution in [0.5, 0.6) is 5.75 Å². The lowest BCUT2D eigenvalue weighted by Crippen LogP contribution is -2.27. The lowest BCUT2D eigenvalue weighted by atomic mass is 10.2. The van der Waals surface area contributed by atoms with Crippen molar-refractivity contribution < 1.29 is 26.7 Å². The molecular weight excluding hydrogens is 496 g/mol. The van der Waals surface area contributed by atoms with Gasteiger partial charge in [0.15, 0.2) is 5.16 Å². The molecule has 2 aliphatic heterocycles. The van der Waals surface area contributed by atoms with Gasteiger partial charge in [-0.05, 0) is 49.9 Å². The standard InChI is InChI=1S/C24H27F2N3O4S2/c25-23(26)33-22-8-2-1-6-17(22)16-34-24-27-20-14-19(35(30,31)28-11-3-4-12-28)9-10-21(20)29(24)15-18-7-5-13-32-18/h1-2,6,8-10,14,18,23H,3-5,7,11-13,15-16H2. The molecule has 35 heavy (non-hydrogen) atoms. The Kier molecular flexibility index (Phi) is 7.29. The van der Waals surface area contributed by atoms with Crippen molar-refractivity contribution in [1.29, 1.82) is 0 Å². The second kappa shape index (κ2) is 10.4. The van der Waals surface area contributed by atoms with Crippen molar-refractivity contribution in [3.05, 3.63) is 48.0 Å². The quantitative estimate of drug-likeness (QED) is 0.372. The average molecular weight is 524 g/mol. The van der Waals surface area contributed by atoms with Gasteiger partial charge in [-0.3, -0.25) is 0 Å². The number of benzene rings is 2. The Morgan fingerprint density at radius 3 is 2.69 bits per heavy atom. The molecule has 2 fully saturated rings. The fourth-order valence-electron chi connectivity index (χ4n) is 4.58. The van der Waals surface area contributed by atoms with Crippen molar-refractivity contribution in [3.63, 3.8) is 0 Å². The Bertz CT molecular complexity index is 1290. The predicted molar refractivity (Wildman–Crippen MR) is 129 cm³/mol. The summed E-state index contributed by atoms with van der Waals surface area (Å²) in [4.78, 5) is 5.00. The average Bonchev–Trinajstić information content (AvgIpc) is 3.60. The summed E-state index contributed by atoms with van der Waals surface area (Å²) in [6.07, 6.45) is 3.73. The van der Waals surface area contributed by atoms with Gasteiger partial charge >= 0.3 is 6.61 Å². The monoisotopic (exact) mass is 523 g/mol. The molecule has 0 saturated carbocycles. The number of ether oxygens (including phenoxy) is 2. The van der Waals surface area contributed by atoms with E-state index >= 15 is 0 Å². The first-order valence-electron chi connectivity index (χ1n) is 11.7. The summed E-state index contributed by atoms with van der Waals surface area (Å²) >= 11 is 1.40. The number of nitrogens with zero attached hydrogens (tertiary/aromatic N) is 3. The third kappa shape index (κ3) is 5.32. The smallest absolute Gasteiger partial charge is 0.387 e. The zero-order valence-electron chi connectivity index (χ0n) is 19.1. The minimum Gasteiger partial charge on any atom is -0.435 e. The largest absolute Gasteiger partial charge is 0.435 e. The van der Waals surface area contributed by atoms with Crippen molar-refractivity contribution in [2.24, 2.45) is 0 Å². The third-order valence-corrected chi connectivity index (χ3v) is 9.26. The highest BCUT2D eigenvalue weighted by Gasteiger charge is 2.28. The third-order valence-electron chi connectivity index (χ3n) is 6.34. The minimum absolute atomic E-state index is 0.0502. The van der Waals surface area contributed by atoms with Gasteiger partial charge in [0.2, 0.25) is 10.0 Å². The SMILES string of the molecule is O=S(=O)(c1ccc2c(c1)nc(SCc1ccccc1OC(F)F)n2CC1CCCO1)N1CCCC1. The van der Waals surface area contributed by atoms with Crippen LogP contribution in [0.25, 0.3) is 11.0 Å². The summed E-state index contributed by atoms with van der Waals surface area (Å²) < 4.78 is 65.9. The van der Waals surface area contributed by atoms with Gasteiger partial charge in [0.05, 0.1) is 28.6 Å². The number of fused-ring (bicyclic) bond motifs is 1. The molecule has 188 valence electrons. The van der Waals surface area contributed by atoms with Crippen LogP contribution in [0.2, 0.25) is 0 Å². The maximum absolute atomic E-state index is 13.1. The molecule has 2 aromatic carbocycles.